The van der Waals surface area contributed by atoms with E-state index >= 15 is 0 Å². The smallest absolute Gasteiger partial charge is 0.123 e. The normalized spacial score (nSPS) is 11.8. The number of benzene rings is 2. The molecular weight excluding hydrogens is 239 g/mol. The van der Waals surface area contributed by atoms with E-state index in [1.165, 1.54) is 12.1 Å². The van der Waals surface area contributed by atoms with Gasteiger partial charge >= 0.3 is 0 Å². The van der Waals surface area contributed by atoms with Crippen LogP contribution >= 0.6 is 0 Å². The van der Waals surface area contributed by atoms with Crippen molar-refractivity contribution in [3.8, 4) is 6.07 Å². The van der Waals surface area contributed by atoms with Gasteiger partial charge in [0.2, 0.25) is 0 Å². The summed E-state index contributed by atoms with van der Waals surface area (Å²) < 4.78 is 13.1. The van der Waals surface area contributed by atoms with Crippen LogP contribution in [0.15, 0.2) is 48.5 Å². The van der Waals surface area contributed by atoms with Crippen molar-refractivity contribution >= 4 is 0 Å². The van der Waals surface area contributed by atoms with E-state index in [1.807, 2.05) is 31.2 Å². The molecular formula is C16H15FN2. The topological polar surface area (TPSA) is 35.8 Å². The van der Waals surface area contributed by atoms with Crippen molar-refractivity contribution in [2.45, 2.75) is 19.5 Å². The van der Waals surface area contributed by atoms with Crippen LogP contribution in [0, 0.1) is 17.1 Å². The Morgan fingerprint density at radius 1 is 1.21 bits per heavy atom. The molecule has 19 heavy (non-hydrogen) atoms. The van der Waals surface area contributed by atoms with Gasteiger partial charge in [-0.25, -0.2) is 4.39 Å². The van der Waals surface area contributed by atoms with Crippen molar-refractivity contribution in [3.63, 3.8) is 0 Å². The molecule has 2 aromatic carbocycles. The molecule has 0 amide bonds. The minimum atomic E-state index is -0.224. The van der Waals surface area contributed by atoms with Gasteiger partial charge in [-0.1, -0.05) is 24.3 Å². The lowest BCUT2D eigenvalue weighted by Gasteiger charge is -2.14. The van der Waals surface area contributed by atoms with Crippen LogP contribution in [-0.2, 0) is 6.54 Å². The molecule has 1 atom stereocenters. The SMILES string of the molecule is C[C@@H](NCc1cccc(C#N)c1)c1cccc(F)c1. The Morgan fingerprint density at radius 2 is 2.00 bits per heavy atom. The first-order valence-corrected chi connectivity index (χ1v) is 6.17. The molecule has 0 aliphatic rings. The number of hydrogen-bond acceptors (Lipinski definition) is 2. The Kier molecular flexibility index (Phi) is 4.27. The van der Waals surface area contributed by atoms with E-state index < -0.39 is 0 Å². The fourth-order valence-corrected chi connectivity index (χ4v) is 1.92. The zero-order chi connectivity index (χ0) is 13.7. The van der Waals surface area contributed by atoms with Crippen LogP contribution < -0.4 is 5.32 Å². The highest BCUT2D eigenvalue weighted by Gasteiger charge is 2.05. The molecule has 0 unspecified atom stereocenters. The van der Waals surface area contributed by atoms with E-state index in [9.17, 15) is 4.39 Å². The first-order chi connectivity index (χ1) is 9.19. The van der Waals surface area contributed by atoms with Crippen molar-refractivity contribution in [3.05, 3.63) is 71.0 Å². The summed E-state index contributed by atoms with van der Waals surface area (Å²) in [5.41, 5.74) is 2.61. The Hall–Kier alpha value is -2.18. The molecule has 0 aliphatic carbocycles. The van der Waals surface area contributed by atoms with Gasteiger partial charge in [-0.05, 0) is 42.3 Å². The van der Waals surface area contributed by atoms with Crippen LogP contribution in [0.5, 0.6) is 0 Å². The summed E-state index contributed by atoms with van der Waals surface area (Å²) >= 11 is 0. The molecule has 96 valence electrons. The number of nitrogens with one attached hydrogen (secondary N) is 1. The van der Waals surface area contributed by atoms with Crippen LogP contribution in [0.4, 0.5) is 4.39 Å². The average molecular weight is 254 g/mol. The molecule has 3 heteroatoms. The second kappa shape index (κ2) is 6.12. The highest BCUT2D eigenvalue weighted by Crippen LogP contribution is 2.14. The molecule has 2 nitrogen and oxygen atoms in total. The zero-order valence-electron chi connectivity index (χ0n) is 10.7. The summed E-state index contributed by atoms with van der Waals surface area (Å²) in [6.07, 6.45) is 0. The fraction of sp³-hybridized carbons (Fsp3) is 0.188. The average Bonchev–Trinajstić information content (AvgIpc) is 2.45. The number of nitriles is 1. The molecule has 0 fully saturated rings. The lowest BCUT2D eigenvalue weighted by molar-refractivity contribution is 0.565. The number of halogens is 1. The third-order valence-corrected chi connectivity index (χ3v) is 3.02. The second-order valence-electron chi connectivity index (χ2n) is 4.47. The maximum atomic E-state index is 13.1. The largest absolute Gasteiger partial charge is 0.306 e. The maximum Gasteiger partial charge on any atom is 0.123 e. The van der Waals surface area contributed by atoms with E-state index in [-0.39, 0.29) is 11.9 Å². The zero-order valence-corrected chi connectivity index (χ0v) is 10.7. The van der Waals surface area contributed by atoms with Gasteiger partial charge in [0.25, 0.3) is 0 Å². The Labute approximate surface area is 112 Å². The van der Waals surface area contributed by atoms with E-state index in [0.29, 0.717) is 12.1 Å². The van der Waals surface area contributed by atoms with Gasteiger partial charge in [0.05, 0.1) is 11.6 Å². The predicted molar refractivity (Wildman–Crippen MR) is 72.8 cm³/mol. The summed E-state index contributed by atoms with van der Waals surface area (Å²) in [5.74, 6) is -0.224. The van der Waals surface area contributed by atoms with Crippen LogP contribution in [0.25, 0.3) is 0 Å². The lowest BCUT2D eigenvalue weighted by Crippen LogP contribution is -2.18. The molecule has 0 saturated carbocycles. The highest BCUT2D eigenvalue weighted by atomic mass is 19.1. The van der Waals surface area contributed by atoms with E-state index in [1.54, 1.807) is 12.1 Å². The summed E-state index contributed by atoms with van der Waals surface area (Å²) in [6.45, 7) is 2.64. The van der Waals surface area contributed by atoms with E-state index in [4.69, 9.17) is 5.26 Å². The molecule has 2 aromatic rings. The second-order valence-corrected chi connectivity index (χ2v) is 4.47. The number of hydrogen-bond donors (Lipinski definition) is 1. The summed E-state index contributed by atoms with van der Waals surface area (Å²) in [5, 5.41) is 12.2. The van der Waals surface area contributed by atoms with Crippen molar-refractivity contribution in [1.82, 2.24) is 5.32 Å². The first kappa shape index (κ1) is 13.3. The van der Waals surface area contributed by atoms with E-state index in [0.717, 1.165) is 11.1 Å². The van der Waals surface area contributed by atoms with Crippen LogP contribution in [0.2, 0.25) is 0 Å². The van der Waals surface area contributed by atoms with Crippen molar-refractivity contribution in [2.75, 3.05) is 0 Å². The van der Waals surface area contributed by atoms with Gasteiger partial charge in [0.15, 0.2) is 0 Å². The maximum absolute atomic E-state index is 13.1. The van der Waals surface area contributed by atoms with Gasteiger partial charge in [0.1, 0.15) is 5.82 Å². The van der Waals surface area contributed by atoms with Gasteiger partial charge in [-0.15, -0.1) is 0 Å². The van der Waals surface area contributed by atoms with Crippen molar-refractivity contribution < 1.29 is 4.39 Å². The molecule has 2 rings (SSSR count). The monoisotopic (exact) mass is 254 g/mol. The predicted octanol–water partition coefficient (Wildman–Crippen LogP) is 3.55. The quantitative estimate of drug-likeness (QED) is 0.905. The fourth-order valence-electron chi connectivity index (χ4n) is 1.92. The molecule has 0 bridgehead atoms. The van der Waals surface area contributed by atoms with Gasteiger partial charge in [0, 0.05) is 12.6 Å². The molecule has 0 heterocycles. The molecule has 0 aromatic heterocycles. The number of rotatable bonds is 4. The molecule has 0 saturated heterocycles. The molecule has 0 spiro atoms. The summed E-state index contributed by atoms with van der Waals surface area (Å²) in [6, 6.07) is 16.2. The van der Waals surface area contributed by atoms with Crippen LogP contribution in [0.3, 0.4) is 0 Å². The summed E-state index contributed by atoms with van der Waals surface area (Å²) in [4.78, 5) is 0. The van der Waals surface area contributed by atoms with Gasteiger partial charge in [-0.3, -0.25) is 0 Å². The molecule has 0 radical (unpaired) electrons. The third-order valence-electron chi connectivity index (χ3n) is 3.02. The third kappa shape index (κ3) is 3.64. The van der Waals surface area contributed by atoms with Crippen molar-refractivity contribution in [1.29, 1.82) is 5.26 Å². The van der Waals surface area contributed by atoms with E-state index in [2.05, 4.69) is 11.4 Å². The van der Waals surface area contributed by atoms with Crippen LogP contribution in [0.1, 0.15) is 29.7 Å². The number of nitrogens with zero attached hydrogens (tertiary/aromatic N) is 1. The Bertz CT molecular complexity index is 602. The minimum Gasteiger partial charge on any atom is -0.306 e. The molecule has 0 aliphatic heterocycles. The summed E-state index contributed by atoms with van der Waals surface area (Å²) in [7, 11) is 0. The standard InChI is InChI=1S/C16H15FN2/c1-12(15-6-3-7-16(17)9-15)19-11-14-5-2-4-13(8-14)10-18/h2-9,12,19H,11H2,1H3/t12-/m1/s1. The van der Waals surface area contributed by atoms with Crippen LogP contribution in [-0.4, -0.2) is 0 Å². The first-order valence-electron chi connectivity index (χ1n) is 6.17. The van der Waals surface area contributed by atoms with Gasteiger partial charge < -0.3 is 5.32 Å². The highest BCUT2D eigenvalue weighted by molar-refractivity contribution is 5.32. The minimum absolute atomic E-state index is 0.0569. The lowest BCUT2D eigenvalue weighted by atomic mass is 10.1. The Morgan fingerprint density at radius 3 is 2.74 bits per heavy atom. The van der Waals surface area contributed by atoms with Gasteiger partial charge in [-0.2, -0.15) is 5.26 Å². The van der Waals surface area contributed by atoms with Crippen molar-refractivity contribution in [2.24, 2.45) is 0 Å². The molecule has 1 N–H and O–H groups in total. The Balaban J connectivity index is 2.00.